The van der Waals surface area contributed by atoms with Crippen molar-refractivity contribution in [3.05, 3.63) is 60.3 Å². The summed E-state index contributed by atoms with van der Waals surface area (Å²) in [6.45, 7) is 1.46. The van der Waals surface area contributed by atoms with Gasteiger partial charge in [0.2, 0.25) is 5.88 Å². The van der Waals surface area contributed by atoms with Gasteiger partial charge in [-0.05, 0) is 18.1 Å². The number of hydrogen-bond acceptors (Lipinski definition) is 3. The molecule has 1 aliphatic heterocycles. The maximum Gasteiger partial charge on any atom is 0.317 e. The van der Waals surface area contributed by atoms with Crippen LogP contribution in [0.25, 0.3) is 0 Å². The van der Waals surface area contributed by atoms with Gasteiger partial charge in [0.15, 0.2) is 0 Å². The van der Waals surface area contributed by atoms with Crippen molar-refractivity contribution in [2.75, 3.05) is 13.1 Å². The van der Waals surface area contributed by atoms with Crippen LogP contribution >= 0.6 is 0 Å². The number of piperidine rings is 1. The fraction of sp³-hybridized carbons (Fsp3) is 0.400. The average Bonchev–Trinajstić information content (AvgIpc) is 3.43. The third-order valence-electron chi connectivity index (χ3n) is 4.98. The van der Waals surface area contributed by atoms with Gasteiger partial charge in [-0.15, -0.1) is 0 Å². The summed E-state index contributed by atoms with van der Waals surface area (Å²) in [7, 11) is 0. The number of ether oxygens (including phenoxy) is 1. The molecular weight excluding hydrogens is 314 g/mol. The standard InChI is InChI=1S/C20H23N3O2/c24-20(22-18-14-17(18)15-6-2-1-3-7-15)23-12-9-16(10-13-23)25-19-8-4-5-11-21-19/h1-8,11,16-18H,9-10,12-14H2,(H,22,24)/t17-,18+/m1/s1. The van der Waals surface area contributed by atoms with Crippen LogP contribution < -0.4 is 10.1 Å². The van der Waals surface area contributed by atoms with Gasteiger partial charge in [-0.1, -0.05) is 36.4 Å². The maximum absolute atomic E-state index is 12.5. The smallest absolute Gasteiger partial charge is 0.317 e. The van der Waals surface area contributed by atoms with Gasteiger partial charge in [-0.2, -0.15) is 0 Å². The van der Waals surface area contributed by atoms with Crippen LogP contribution in [0.3, 0.4) is 0 Å². The lowest BCUT2D eigenvalue weighted by Crippen LogP contribution is -2.47. The van der Waals surface area contributed by atoms with E-state index in [0.29, 0.717) is 11.8 Å². The number of carbonyl (C=O) groups excluding carboxylic acids is 1. The molecule has 130 valence electrons. The number of carbonyl (C=O) groups is 1. The summed E-state index contributed by atoms with van der Waals surface area (Å²) >= 11 is 0. The van der Waals surface area contributed by atoms with E-state index in [1.807, 2.05) is 29.2 Å². The second kappa shape index (κ2) is 7.13. The van der Waals surface area contributed by atoms with Gasteiger partial charge in [-0.25, -0.2) is 9.78 Å². The first-order valence-electron chi connectivity index (χ1n) is 8.97. The van der Waals surface area contributed by atoms with Crippen LogP contribution in [0.5, 0.6) is 5.88 Å². The summed E-state index contributed by atoms with van der Waals surface area (Å²) in [5.41, 5.74) is 1.32. The predicted molar refractivity (Wildman–Crippen MR) is 95.6 cm³/mol. The highest BCUT2D eigenvalue weighted by atomic mass is 16.5. The largest absolute Gasteiger partial charge is 0.474 e. The number of hydrogen-bond donors (Lipinski definition) is 1. The fourth-order valence-corrected chi connectivity index (χ4v) is 3.44. The average molecular weight is 337 g/mol. The SMILES string of the molecule is O=C(N[C@H]1C[C@@H]1c1ccccc1)N1CCC(Oc2ccccn2)CC1. The van der Waals surface area contributed by atoms with Gasteiger partial charge < -0.3 is 15.0 Å². The lowest BCUT2D eigenvalue weighted by atomic mass is 10.1. The Labute approximate surface area is 148 Å². The lowest BCUT2D eigenvalue weighted by molar-refractivity contribution is 0.107. The van der Waals surface area contributed by atoms with E-state index in [1.165, 1.54) is 5.56 Å². The molecule has 4 rings (SSSR count). The predicted octanol–water partition coefficient (Wildman–Crippen LogP) is 3.19. The van der Waals surface area contributed by atoms with Gasteiger partial charge in [-0.3, -0.25) is 0 Å². The zero-order valence-electron chi connectivity index (χ0n) is 14.2. The summed E-state index contributed by atoms with van der Waals surface area (Å²) in [6.07, 6.45) is 4.59. The molecule has 0 bridgehead atoms. The van der Waals surface area contributed by atoms with Crippen molar-refractivity contribution in [3.8, 4) is 5.88 Å². The van der Waals surface area contributed by atoms with Crippen LogP contribution in [-0.4, -0.2) is 41.2 Å². The Kier molecular flexibility index (Phi) is 4.55. The molecule has 5 heteroatoms. The minimum atomic E-state index is 0.0553. The molecule has 25 heavy (non-hydrogen) atoms. The van der Waals surface area contributed by atoms with Crippen LogP contribution in [0, 0.1) is 0 Å². The van der Waals surface area contributed by atoms with E-state index in [9.17, 15) is 4.79 Å². The number of benzene rings is 1. The van der Waals surface area contributed by atoms with Gasteiger partial charge >= 0.3 is 6.03 Å². The van der Waals surface area contributed by atoms with Crippen molar-refractivity contribution in [1.29, 1.82) is 0 Å². The number of pyridine rings is 1. The summed E-state index contributed by atoms with van der Waals surface area (Å²) in [5, 5.41) is 3.17. The van der Waals surface area contributed by atoms with Crippen LogP contribution in [0.4, 0.5) is 4.79 Å². The molecular formula is C20H23N3O2. The van der Waals surface area contributed by atoms with Crippen molar-refractivity contribution < 1.29 is 9.53 Å². The first-order chi connectivity index (χ1) is 12.3. The molecule has 1 saturated heterocycles. The van der Waals surface area contributed by atoms with Crippen LogP contribution in [0.15, 0.2) is 54.7 Å². The zero-order chi connectivity index (χ0) is 17.1. The van der Waals surface area contributed by atoms with Crippen molar-refractivity contribution >= 4 is 6.03 Å². The molecule has 0 unspecified atom stereocenters. The normalized spacial score (nSPS) is 23.1. The summed E-state index contributed by atoms with van der Waals surface area (Å²) in [6, 6.07) is 16.4. The molecule has 0 spiro atoms. The van der Waals surface area contributed by atoms with E-state index in [1.54, 1.807) is 6.20 Å². The van der Waals surface area contributed by atoms with E-state index < -0.39 is 0 Å². The maximum atomic E-state index is 12.5. The van der Waals surface area contributed by atoms with Gasteiger partial charge in [0, 0.05) is 50.2 Å². The number of aromatic nitrogens is 1. The van der Waals surface area contributed by atoms with E-state index in [4.69, 9.17) is 4.74 Å². The van der Waals surface area contributed by atoms with E-state index in [2.05, 4.69) is 34.6 Å². The Balaban J connectivity index is 1.22. The molecule has 1 aromatic heterocycles. The molecule has 0 radical (unpaired) electrons. The quantitative estimate of drug-likeness (QED) is 0.932. The van der Waals surface area contributed by atoms with E-state index in [-0.39, 0.29) is 18.2 Å². The Bertz CT molecular complexity index is 699. The first-order valence-corrected chi connectivity index (χ1v) is 8.97. The molecule has 2 aromatic rings. The van der Waals surface area contributed by atoms with Crippen LogP contribution in [0.2, 0.25) is 0 Å². The zero-order valence-corrected chi connectivity index (χ0v) is 14.2. The number of nitrogens with zero attached hydrogens (tertiary/aromatic N) is 2. The molecule has 5 nitrogen and oxygen atoms in total. The Morgan fingerprint density at radius 3 is 2.56 bits per heavy atom. The summed E-state index contributed by atoms with van der Waals surface area (Å²) in [5.74, 6) is 1.13. The highest BCUT2D eigenvalue weighted by Crippen LogP contribution is 2.40. The molecule has 1 aromatic carbocycles. The van der Waals surface area contributed by atoms with Crippen molar-refractivity contribution in [2.24, 2.45) is 0 Å². The molecule has 1 aliphatic carbocycles. The molecule has 1 N–H and O–H groups in total. The number of amides is 2. The van der Waals surface area contributed by atoms with E-state index in [0.717, 1.165) is 32.4 Å². The Hall–Kier alpha value is -2.56. The molecule has 1 saturated carbocycles. The Morgan fingerprint density at radius 1 is 1.08 bits per heavy atom. The minimum absolute atomic E-state index is 0.0553. The third kappa shape index (κ3) is 3.92. The summed E-state index contributed by atoms with van der Waals surface area (Å²) in [4.78, 5) is 18.6. The minimum Gasteiger partial charge on any atom is -0.474 e. The topological polar surface area (TPSA) is 54.5 Å². The Morgan fingerprint density at radius 2 is 1.84 bits per heavy atom. The molecule has 2 fully saturated rings. The molecule has 2 aliphatic rings. The van der Waals surface area contributed by atoms with Gasteiger partial charge in [0.25, 0.3) is 0 Å². The fourth-order valence-electron chi connectivity index (χ4n) is 3.44. The number of likely N-dealkylation sites (tertiary alicyclic amines) is 1. The van der Waals surface area contributed by atoms with Crippen LogP contribution in [-0.2, 0) is 0 Å². The van der Waals surface area contributed by atoms with Gasteiger partial charge in [0.1, 0.15) is 6.10 Å². The molecule has 2 atom stereocenters. The number of rotatable bonds is 4. The number of nitrogens with one attached hydrogen (secondary N) is 1. The monoisotopic (exact) mass is 337 g/mol. The molecule has 2 heterocycles. The second-order valence-corrected chi connectivity index (χ2v) is 6.78. The highest BCUT2D eigenvalue weighted by Gasteiger charge is 2.40. The first kappa shape index (κ1) is 15.9. The van der Waals surface area contributed by atoms with Crippen molar-refractivity contribution in [3.63, 3.8) is 0 Å². The summed E-state index contributed by atoms with van der Waals surface area (Å²) < 4.78 is 5.88. The van der Waals surface area contributed by atoms with Crippen molar-refractivity contribution in [2.45, 2.75) is 37.3 Å². The molecule has 2 amide bonds. The third-order valence-corrected chi connectivity index (χ3v) is 4.98. The van der Waals surface area contributed by atoms with E-state index >= 15 is 0 Å². The van der Waals surface area contributed by atoms with Gasteiger partial charge in [0.05, 0.1) is 0 Å². The number of urea groups is 1. The lowest BCUT2D eigenvalue weighted by Gasteiger charge is -2.32. The second-order valence-electron chi connectivity index (χ2n) is 6.78. The van der Waals surface area contributed by atoms with Crippen molar-refractivity contribution in [1.82, 2.24) is 15.2 Å². The highest BCUT2D eigenvalue weighted by molar-refractivity contribution is 5.75. The van der Waals surface area contributed by atoms with Crippen LogP contribution in [0.1, 0.15) is 30.7 Å².